The molecule has 1 aromatic rings. The van der Waals surface area contributed by atoms with Crippen molar-refractivity contribution < 1.29 is 18.7 Å². The number of carbonyl (C=O) groups excluding carboxylic acids is 2. The number of anilines is 1. The van der Waals surface area contributed by atoms with E-state index in [-0.39, 0.29) is 17.6 Å². The number of likely N-dealkylation sites (tertiary alicyclic amines) is 1. The first-order valence-electron chi connectivity index (χ1n) is 10.5. The van der Waals surface area contributed by atoms with Gasteiger partial charge in [-0.05, 0) is 68.7 Å². The molecule has 6 heteroatoms. The van der Waals surface area contributed by atoms with E-state index in [1.54, 1.807) is 17.0 Å². The minimum absolute atomic E-state index is 0.0916. The van der Waals surface area contributed by atoms with Gasteiger partial charge in [-0.15, -0.1) is 0 Å². The van der Waals surface area contributed by atoms with Gasteiger partial charge in [0.2, 0.25) is 11.8 Å². The van der Waals surface area contributed by atoms with E-state index >= 15 is 0 Å². The van der Waals surface area contributed by atoms with E-state index in [1.165, 1.54) is 12.1 Å². The van der Waals surface area contributed by atoms with Gasteiger partial charge in [0.05, 0.1) is 5.41 Å². The van der Waals surface area contributed by atoms with Gasteiger partial charge in [-0.3, -0.25) is 9.59 Å². The fourth-order valence-corrected chi connectivity index (χ4v) is 4.99. The molecule has 1 atom stereocenters. The van der Waals surface area contributed by atoms with Crippen LogP contribution in [0.2, 0.25) is 0 Å². The Morgan fingerprint density at radius 1 is 1.11 bits per heavy atom. The van der Waals surface area contributed by atoms with Crippen molar-refractivity contribution in [2.45, 2.75) is 44.9 Å². The van der Waals surface area contributed by atoms with Crippen LogP contribution < -0.4 is 4.90 Å². The molecule has 28 heavy (non-hydrogen) atoms. The van der Waals surface area contributed by atoms with Crippen molar-refractivity contribution in [3.63, 3.8) is 0 Å². The highest BCUT2D eigenvalue weighted by Crippen LogP contribution is 2.41. The van der Waals surface area contributed by atoms with Gasteiger partial charge in [-0.1, -0.05) is 0 Å². The number of hydrogen-bond acceptors (Lipinski definition) is 3. The SMILES string of the molecule is O=C(CC1CCOCC1)N1CCCC2(CCCN(c3ccc(F)cc3)C2=O)C1. The summed E-state index contributed by atoms with van der Waals surface area (Å²) in [5, 5.41) is 0. The lowest BCUT2D eigenvalue weighted by atomic mass is 9.72. The Morgan fingerprint density at radius 3 is 2.50 bits per heavy atom. The molecule has 0 bridgehead atoms. The smallest absolute Gasteiger partial charge is 0.234 e. The minimum Gasteiger partial charge on any atom is -0.381 e. The van der Waals surface area contributed by atoms with Crippen LogP contribution in [-0.2, 0) is 14.3 Å². The Kier molecular flexibility index (Phi) is 5.67. The molecule has 0 aromatic heterocycles. The molecule has 0 radical (unpaired) electrons. The maximum Gasteiger partial charge on any atom is 0.234 e. The summed E-state index contributed by atoms with van der Waals surface area (Å²) in [7, 11) is 0. The number of amides is 2. The summed E-state index contributed by atoms with van der Waals surface area (Å²) in [5.74, 6) is 0.369. The summed E-state index contributed by atoms with van der Waals surface area (Å²) < 4.78 is 18.7. The van der Waals surface area contributed by atoms with E-state index in [4.69, 9.17) is 4.74 Å². The van der Waals surface area contributed by atoms with Crippen LogP contribution in [0.15, 0.2) is 24.3 Å². The third kappa shape index (κ3) is 3.93. The van der Waals surface area contributed by atoms with Crippen LogP contribution in [0.5, 0.6) is 0 Å². The van der Waals surface area contributed by atoms with Crippen molar-refractivity contribution in [1.29, 1.82) is 0 Å². The van der Waals surface area contributed by atoms with Crippen LogP contribution in [-0.4, -0.2) is 49.6 Å². The lowest BCUT2D eigenvalue weighted by molar-refractivity contribution is -0.142. The molecule has 4 rings (SSSR count). The van der Waals surface area contributed by atoms with Crippen LogP contribution in [0.1, 0.15) is 44.9 Å². The van der Waals surface area contributed by atoms with Crippen LogP contribution in [0.4, 0.5) is 10.1 Å². The maximum absolute atomic E-state index is 13.4. The normalized spacial score (nSPS) is 26.7. The second-order valence-electron chi connectivity index (χ2n) is 8.50. The Morgan fingerprint density at radius 2 is 1.79 bits per heavy atom. The molecular formula is C22H29FN2O3. The van der Waals surface area contributed by atoms with Gasteiger partial charge >= 0.3 is 0 Å². The molecule has 2 amide bonds. The molecule has 1 spiro atoms. The monoisotopic (exact) mass is 388 g/mol. The topological polar surface area (TPSA) is 49.9 Å². The molecule has 3 heterocycles. The zero-order valence-electron chi connectivity index (χ0n) is 16.4. The molecular weight excluding hydrogens is 359 g/mol. The maximum atomic E-state index is 13.4. The van der Waals surface area contributed by atoms with E-state index in [9.17, 15) is 14.0 Å². The van der Waals surface area contributed by atoms with Crippen molar-refractivity contribution in [3.8, 4) is 0 Å². The second kappa shape index (κ2) is 8.19. The number of nitrogens with zero attached hydrogens (tertiary/aromatic N) is 2. The Bertz CT molecular complexity index is 713. The molecule has 0 saturated carbocycles. The van der Waals surface area contributed by atoms with Crippen LogP contribution in [0.3, 0.4) is 0 Å². The Balaban J connectivity index is 1.46. The van der Waals surface area contributed by atoms with Crippen LogP contribution in [0, 0.1) is 17.2 Å². The summed E-state index contributed by atoms with van der Waals surface area (Å²) in [6.07, 6.45) is 5.88. The molecule has 3 fully saturated rings. The Hall–Kier alpha value is -1.95. The Labute approximate surface area is 165 Å². The largest absolute Gasteiger partial charge is 0.381 e. The van der Waals surface area contributed by atoms with E-state index in [2.05, 4.69) is 0 Å². The summed E-state index contributed by atoms with van der Waals surface area (Å²) >= 11 is 0. The van der Waals surface area contributed by atoms with E-state index in [0.717, 1.165) is 64.0 Å². The lowest BCUT2D eigenvalue weighted by Gasteiger charge is -2.47. The zero-order chi connectivity index (χ0) is 19.6. The highest BCUT2D eigenvalue weighted by molar-refractivity contribution is 5.99. The number of hydrogen-bond donors (Lipinski definition) is 0. The molecule has 3 saturated heterocycles. The average Bonchev–Trinajstić information content (AvgIpc) is 2.72. The number of rotatable bonds is 3. The second-order valence-corrected chi connectivity index (χ2v) is 8.50. The molecule has 1 unspecified atom stereocenters. The highest BCUT2D eigenvalue weighted by Gasteiger charge is 2.47. The first kappa shape index (κ1) is 19.4. The number of benzene rings is 1. The first-order valence-corrected chi connectivity index (χ1v) is 10.5. The highest BCUT2D eigenvalue weighted by atomic mass is 19.1. The van der Waals surface area contributed by atoms with Gasteiger partial charge in [0.15, 0.2) is 0 Å². The molecule has 1 aromatic carbocycles. The average molecular weight is 388 g/mol. The number of piperidine rings is 2. The summed E-state index contributed by atoms with van der Waals surface area (Å²) in [4.78, 5) is 30.0. The third-order valence-electron chi connectivity index (χ3n) is 6.61. The lowest BCUT2D eigenvalue weighted by Crippen LogP contribution is -2.57. The standard InChI is InChI=1S/C22H29FN2O3/c23-18-3-5-19(6-4-18)25-12-2-10-22(21(25)27)9-1-11-24(16-22)20(26)15-17-7-13-28-14-8-17/h3-6,17H,1-2,7-16H2. The summed E-state index contributed by atoms with van der Waals surface area (Å²) in [6, 6.07) is 6.13. The number of halogens is 1. The predicted octanol–water partition coefficient (Wildman–Crippen LogP) is 3.38. The molecule has 3 aliphatic heterocycles. The molecule has 3 aliphatic rings. The van der Waals surface area contributed by atoms with E-state index in [0.29, 0.717) is 25.4 Å². The van der Waals surface area contributed by atoms with Crippen molar-refractivity contribution in [1.82, 2.24) is 4.90 Å². The number of carbonyl (C=O) groups is 2. The fraction of sp³-hybridized carbons (Fsp3) is 0.636. The fourth-order valence-electron chi connectivity index (χ4n) is 4.99. The summed E-state index contributed by atoms with van der Waals surface area (Å²) in [5.41, 5.74) is 0.257. The van der Waals surface area contributed by atoms with Crippen LogP contribution >= 0.6 is 0 Å². The van der Waals surface area contributed by atoms with Gasteiger partial charge in [-0.25, -0.2) is 4.39 Å². The van der Waals surface area contributed by atoms with Crippen molar-refractivity contribution >= 4 is 17.5 Å². The van der Waals surface area contributed by atoms with Crippen LogP contribution in [0.25, 0.3) is 0 Å². The molecule has 0 N–H and O–H groups in total. The van der Waals surface area contributed by atoms with Gasteiger partial charge in [-0.2, -0.15) is 0 Å². The summed E-state index contributed by atoms with van der Waals surface area (Å²) in [6.45, 7) is 3.40. The van der Waals surface area contributed by atoms with Crippen molar-refractivity contribution in [3.05, 3.63) is 30.1 Å². The van der Waals surface area contributed by atoms with Gasteiger partial charge in [0.25, 0.3) is 0 Å². The van der Waals surface area contributed by atoms with Crippen molar-refractivity contribution in [2.75, 3.05) is 37.7 Å². The zero-order valence-corrected chi connectivity index (χ0v) is 16.4. The predicted molar refractivity (Wildman–Crippen MR) is 104 cm³/mol. The minimum atomic E-state index is -0.490. The van der Waals surface area contributed by atoms with E-state index < -0.39 is 5.41 Å². The van der Waals surface area contributed by atoms with Gasteiger partial charge in [0.1, 0.15) is 5.82 Å². The first-order chi connectivity index (χ1) is 13.6. The molecule has 152 valence electrons. The van der Waals surface area contributed by atoms with Crippen molar-refractivity contribution in [2.24, 2.45) is 11.3 Å². The molecule has 5 nitrogen and oxygen atoms in total. The quantitative estimate of drug-likeness (QED) is 0.798. The third-order valence-corrected chi connectivity index (χ3v) is 6.61. The van der Waals surface area contributed by atoms with Gasteiger partial charge < -0.3 is 14.5 Å². The number of ether oxygens (including phenoxy) is 1. The molecule has 0 aliphatic carbocycles. The van der Waals surface area contributed by atoms with E-state index in [1.807, 2.05) is 4.90 Å². The van der Waals surface area contributed by atoms with Gasteiger partial charge in [0, 0.05) is 45.0 Å².